The molecular formula is C23H23ClN2O6. The molecule has 8 nitrogen and oxygen atoms in total. The summed E-state index contributed by atoms with van der Waals surface area (Å²) in [6.07, 6.45) is 1.36. The zero-order valence-electron chi connectivity index (χ0n) is 18.2. The number of aryl methyl sites for hydroxylation is 1. The Morgan fingerprint density at radius 1 is 0.938 bits per heavy atom. The molecule has 0 aromatic heterocycles. The Morgan fingerprint density at radius 3 is 2.19 bits per heavy atom. The zero-order chi connectivity index (χ0) is 23.4. The summed E-state index contributed by atoms with van der Waals surface area (Å²) in [5, 5.41) is 0.237. The van der Waals surface area contributed by atoms with E-state index in [2.05, 4.69) is 0 Å². The molecule has 0 radical (unpaired) electrons. The van der Waals surface area contributed by atoms with Gasteiger partial charge < -0.3 is 14.2 Å². The number of carbonyl (C=O) groups excluding carboxylic acids is 3. The fraction of sp³-hybridized carbons (Fsp3) is 0.261. The van der Waals surface area contributed by atoms with Gasteiger partial charge in [-0.2, -0.15) is 0 Å². The number of carbonyl (C=O) groups is 3. The zero-order valence-corrected chi connectivity index (χ0v) is 18.9. The van der Waals surface area contributed by atoms with Crippen LogP contribution in [-0.4, -0.2) is 62.1 Å². The maximum Gasteiger partial charge on any atom is 0.333 e. The predicted octanol–water partition coefficient (Wildman–Crippen LogP) is 3.55. The van der Waals surface area contributed by atoms with Crippen molar-refractivity contribution in [3.8, 4) is 17.2 Å². The van der Waals surface area contributed by atoms with Gasteiger partial charge >= 0.3 is 6.03 Å². The molecule has 4 amide bonds. The number of rotatable bonds is 7. The molecule has 1 fully saturated rings. The summed E-state index contributed by atoms with van der Waals surface area (Å²) in [7, 11) is 4.08. The van der Waals surface area contributed by atoms with E-state index in [1.54, 1.807) is 12.1 Å². The van der Waals surface area contributed by atoms with Crippen LogP contribution in [0.4, 0.5) is 4.79 Å². The average molecular weight is 459 g/mol. The van der Waals surface area contributed by atoms with Crippen LogP contribution in [0, 0.1) is 6.92 Å². The number of urea groups is 1. The summed E-state index contributed by atoms with van der Waals surface area (Å²) in [6, 6.07) is 10.1. The van der Waals surface area contributed by atoms with Crippen LogP contribution in [0.5, 0.6) is 17.2 Å². The Kier molecular flexibility index (Phi) is 7.05. The predicted molar refractivity (Wildman–Crippen MR) is 119 cm³/mol. The summed E-state index contributed by atoms with van der Waals surface area (Å²) >= 11 is 6.39. The molecule has 0 bridgehead atoms. The number of nitrogens with zero attached hydrogens (tertiary/aromatic N) is 2. The summed E-state index contributed by atoms with van der Waals surface area (Å²) in [5.74, 6) is 0.0271. The molecule has 1 aliphatic rings. The standard InChI is InChI=1S/C23H23ClN2O6/c1-14-7-5-6-8-18(14)31-9-10-32-20-17(24)12-15(13-19(20)30-4)11-16-21(27)25(2)23(29)26(3)22(16)28/h5-8,11-13H,9-10H2,1-4H3. The maximum absolute atomic E-state index is 12.4. The molecule has 0 aliphatic carbocycles. The van der Waals surface area contributed by atoms with Gasteiger partial charge in [0.05, 0.1) is 12.1 Å². The number of halogens is 1. The maximum atomic E-state index is 12.4. The minimum atomic E-state index is -0.693. The number of ether oxygens (including phenoxy) is 3. The molecule has 0 atom stereocenters. The number of likely N-dealkylation sites (N-methyl/N-ethyl adjacent to an activating group) is 2. The van der Waals surface area contributed by atoms with Crippen LogP contribution in [0.25, 0.3) is 6.08 Å². The first-order valence-electron chi connectivity index (χ1n) is 9.75. The minimum Gasteiger partial charge on any atom is -0.493 e. The van der Waals surface area contributed by atoms with E-state index in [0.29, 0.717) is 23.7 Å². The van der Waals surface area contributed by atoms with Crippen LogP contribution in [0.15, 0.2) is 42.0 Å². The summed E-state index contributed by atoms with van der Waals surface area (Å²) in [4.78, 5) is 38.4. The summed E-state index contributed by atoms with van der Waals surface area (Å²) in [5.41, 5.74) is 1.31. The average Bonchev–Trinajstić information content (AvgIpc) is 2.78. The molecule has 0 spiro atoms. The van der Waals surface area contributed by atoms with Crippen molar-refractivity contribution in [2.75, 3.05) is 34.4 Å². The van der Waals surface area contributed by atoms with E-state index in [0.717, 1.165) is 21.1 Å². The molecular weight excluding hydrogens is 436 g/mol. The van der Waals surface area contributed by atoms with Crippen molar-refractivity contribution in [1.82, 2.24) is 9.80 Å². The Bertz CT molecular complexity index is 1070. The van der Waals surface area contributed by atoms with Crippen LogP contribution >= 0.6 is 11.6 Å². The van der Waals surface area contributed by atoms with Gasteiger partial charge in [-0.3, -0.25) is 19.4 Å². The Hall–Kier alpha value is -3.52. The first-order chi connectivity index (χ1) is 15.2. The molecule has 32 heavy (non-hydrogen) atoms. The molecule has 0 N–H and O–H groups in total. The fourth-order valence-electron chi connectivity index (χ4n) is 3.12. The molecule has 168 valence electrons. The van der Waals surface area contributed by atoms with Crippen LogP contribution in [0.2, 0.25) is 5.02 Å². The second-order valence-corrected chi connectivity index (χ2v) is 7.47. The second-order valence-electron chi connectivity index (χ2n) is 7.07. The highest BCUT2D eigenvalue weighted by atomic mass is 35.5. The van der Waals surface area contributed by atoms with E-state index >= 15 is 0 Å². The monoisotopic (exact) mass is 458 g/mol. The van der Waals surface area contributed by atoms with E-state index in [4.69, 9.17) is 25.8 Å². The van der Waals surface area contributed by atoms with E-state index in [1.165, 1.54) is 27.3 Å². The van der Waals surface area contributed by atoms with Crippen molar-refractivity contribution in [2.45, 2.75) is 6.92 Å². The molecule has 1 aliphatic heterocycles. The van der Waals surface area contributed by atoms with Gasteiger partial charge in [-0.05, 0) is 42.3 Å². The number of barbiturate groups is 1. The number of methoxy groups -OCH3 is 1. The smallest absolute Gasteiger partial charge is 0.333 e. The molecule has 0 saturated carbocycles. The lowest BCUT2D eigenvalue weighted by atomic mass is 10.1. The Balaban J connectivity index is 1.77. The minimum absolute atomic E-state index is 0.159. The van der Waals surface area contributed by atoms with Crippen molar-refractivity contribution in [2.24, 2.45) is 0 Å². The summed E-state index contributed by atoms with van der Waals surface area (Å²) < 4.78 is 16.9. The number of imide groups is 2. The highest BCUT2D eigenvalue weighted by Crippen LogP contribution is 2.37. The lowest BCUT2D eigenvalue weighted by Gasteiger charge is -2.28. The Labute approximate surface area is 190 Å². The van der Waals surface area contributed by atoms with Crippen molar-refractivity contribution in [3.05, 3.63) is 58.1 Å². The fourth-order valence-corrected chi connectivity index (χ4v) is 3.39. The first kappa shape index (κ1) is 23.1. The van der Waals surface area contributed by atoms with Gasteiger partial charge in [0.25, 0.3) is 11.8 Å². The topological polar surface area (TPSA) is 85.4 Å². The van der Waals surface area contributed by atoms with Gasteiger partial charge in [-0.25, -0.2) is 4.79 Å². The van der Waals surface area contributed by atoms with Crippen molar-refractivity contribution in [3.63, 3.8) is 0 Å². The highest BCUT2D eigenvalue weighted by molar-refractivity contribution is 6.33. The van der Waals surface area contributed by atoms with Crippen LogP contribution < -0.4 is 14.2 Å². The van der Waals surface area contributed by atoms with E-state index in [-0.39, 0.29) is 17.2 Å². The molecule has 0 unspecified atom stereocenters. The van der Waals surface area contributed by atoms with Gasteiger partial charge in [0, 0.05) is 14.1 Å². The number of amides is 4. The third-order valence-corrected chi connectivity index (χ3v) is 5.17. The van der Waals surface area contributed by atoms with Crippen molar-refractivity contribution in [1.29, 1.82) is 0 Å². The lowest BCUT2D eigenvalue weighted by molar-refractivity contribution is -0.134. The molecule has 1 saturated heterocycles. The SMILES string of the molecule is COc1cc(C=C2C(=O)N(C)C(=O)N(C)C2=O)cc(Cl)c1OCCOc1ccccc1C. The third-order valence-electron chi connectivity index (χ3n) is 4.89. The quantitative estimate of drug-likeness (QED) is 0.358. The van der Waals surface area contributed by atoms with Crippen LogP contribution in [-0.2, 0) is 9.59 Å². The van der Waals surface area contributed by atoms with Gasteiger partial charge in [0.2, 0.25) is 0 Å². The molecule has 2 aromatic carbocycles. The normalized spacial score (nSPS) is 14.0. The number of hydrogen-bond donors (Lipinski definition) is 0. The number of benzene rings is 2. The van der Waals surface area contributed by atoms with E-state index < -0.39 is 17.8 Å². The van der Waals surface area contributed by atoms with E-state index in [1.807, 2.05) is 31.2 Å². The van der Waals surface area contributed by atoms with E-state index in [9.17, 15) is 14.4 Å². The lowest BCUT2D eigenvalue weighted by Crippen LogP contribution is -2.52. The largest absolute Gasteiger partial charge is 0.493 e. The summed E-state index contributed by atoms with van der Waals surface area (Å²) in [6.45, 7) is 2.47. The van der Waals surface area contributed by atoms with Crippen molar-refractivity contribution < 1.29 is 28.6 Å². The van der Waals surface area contributed by atoms with Crippen molar-refractivity contribution >= 4 is 35.5 Å². The van der Waals surface area contributed by atoms with Gasteiger partial charge in [0.1, 0.15) is 24.5 Å². The highest BCUT2D eigenvalue weighted by Gasteiger charge is 2.37. The third kappa shape index (κ3) is 4.70. The second kappa shape index (κ2) is 9.74. The number of para-hydroxylation sites is 1. The molecule has 9 heteroatoms. The van der Waals surface area contributed by atoms with Gasteiger partial charge in [0.15, 0.2) is 11.5 Å². The van der Waals surface area contributed by atoms with Crippen LogP contribution in [0.3, 0.4) is 0 Å². The van der Waals surface area contributed by atoms with Gasteiger partial charge in [-0.15, -0.1) is 0 Å². The molecule has 1 heterocycles. The first-order valence-corrected chi connectivity index (χ1v) is 10.1. The Morgan fingerprint density at radius 2 is 1.56 bits per heavy atom. The molecule has 2 aromatic rings. The van der Waals surface area contributed by atoms with Gasteiger partial charge in [-0.1, -0.05) is 29.8 Å². The van der Waals surface area contributed by atoms with Crippen LogP contribution in [0.1, 0.15) is 11.1 Å². The molecule has 3 rings (SSSR count). The number of hydrogen-bond acceptors (Lipinski definition) is 6.